The van der Waals surface area contributed by atoms with Crippen LogP contribution in [0.1, 0.15) is 42.7 Å². The second-order valence-corrected chi connectivity index (χ2v) is 8.23. The van der Waals surface area contributed by atoms with E-state index < -0.39 is 5.72 Å². The molecule has 3 fully saturated rings. The summed E-state index contributed by atoms with van der Waals surface area (Å²) >= 11 is 0. The highest BCUT2D eigenvalue weighted by Crippen LogP contribution is 2.49. The molecule has 0 bridgehead atoms. The maximum atomic E-state index is 13.4. The van der Waals surface area contributed by atoms with Crippen LogP contribution in [0.2, 0.25) is 0 Å². The molecule has 5 rings (SSSR count). The maximum absolute atomic E-state index is 13.4. The first-order valence-corrected chi connectivity index (χ1v) is 9.64. The Hall–Kier alpha value is -2.41. The number of likely N-dealkylation sites (tertiary alicyclic amines) is 1. The molecule has 7 nitrogen and oxygen atoms in total. The fourth-order valence-electron chi connectivity index (χ4n) is 5.07. The zero-order chi connectivity index (χ0) is 18.9. The molecule has 1 spiro atoms. The van der Waals surface area contributed by atoms with Crippen molar-refractivity contribution >= 4 is 17.5 Å². The van der Waals surface area contributed by atoms with Crippen LogP contribution in [0.5, 0.6) is 0 Å². The third-order valence-electron chi connectivity index (χ3n) is 6.35. The average molecular weight is 368 g/mol. The van der Waals surface area contributed by atoms with Crippen molar-refractivity contribution in [1.82, 2.24) is 19.2 Å². The Morgan fingerprint density at radius 2 is 2.22 bits per heavy atom. The SMILES string of the molecule is Cc1cn2cccc(C(=O)N3CC[C@@]45OC[C@@H](C(C)C)N4C(=O)C[C@@H]35)c2n1. The van der Waals surface area contributed by atoms with E-state index in [9.17, 15) is 9.59 Å². The van der Waals surface area contributed by atoms with Crippen LogP contribution in [0.3, 0.4) is 0 Å². The quantitative estimate of drug-likeness (QED) is 0.811. The van der Waals surface area contributed by atoms with Gasteiger partial charge in [-0.2, -0.15) is 0 Å². The molecule has 142 valence electrons. The lowest BCUT2D eigenvalue weighted by Gasteiger charge is -2.34. The van der Waals surface area contributed by atoms with Gasteiger partial charge in [0.2, 0.25) is 5.91 Å². The van der Waals surface area contributed by atoms with Gasteiger partial charge in [-0.05, 0) is 25.0 Å². The second kappa shape index (κ2) is 5.55. The molecular weight excluding hydrogens is 344 g/mol. The average Bonchev–Trinajstić information content (AvgIpc) is 3.33. The van der Waals surface area contributed by atoms with Crippen molar-refractivity contribution in [2.75, 3.05) is 13.2 Å². The van der Waals surface area contributed by atoms with Crippen molar-refractivity contribution in [3.05, 3.63) is 35.8 Å². The number of hydrogen-bond donors (Lipinski definition) is 0. The van der Waals surface area contributed by atoms with Crippen LogP contribution < -0.4 is 0 Å². The van der Waals surface area contributed by atoms with Gasteiger partial charge in [-0.25, -0.2) is 4.98 Å². The van der Waals surface area contributed by atoms with Gasteiger partial charge in [-0.1, -0.05) is 13.8 Å². The summed E-state index contributed by atoms with van der Waals surface area (Å²) in [6, 6.07) is 3.55. The van der Waals surface area contributed by atoms with Crippen LogP contribution >= 0.6 is 0 Å². The highest BCUT2D eigenvalue weighted by atomic mass is 16.5. The summed E-state index contributed by atoms with van der Waals surface area (Å²) in [5.41, 5.74) is 1.47. The number of nitrogens with zero attached hydrogens (tertiary/aromatic N) is 4. The molecule has 3 aliphatic rings. The summed E-state index contributed by atoms with van der Waals surface area (Å²) in [6.07, 6.45) is 4.82. The Morgan fingerprint density at radius 3 is 3.00 bits per heavy atom. The molecule has 0 aromatic carbocycles. The van der Waals surface area contributed by atoms with Crippen molar-refractivity contribution in [2.24, 2.45) is 5.92 Å². The van der Waals surface area contributed by atoms with Crippen molar-refractivity contribution in [3.8, 4) is 0 Å². The number of fused-ring (bicyclic) bond motifs is 1. The molecule has 2 aromatic rings. The highest BCUT2D eigenvalue weighted by molar-refractivity contribution is 6.01. The van der Waals surface area contributed by atoms with Crippen molar-refractivity contribution in [1.29, 1.82) is 0 Å². The monoisotopic (exact) mass is 368 g/mol. The highest BCUT2D eigenvalue weighted by Gasteiger charge is 2.65. The third kappa shape index (κ3) is 2.15. The number of carbonyl (C=O) groups is 2. The van der Waals surface area contributed by atoms with Crippen LogP contribution in [0.4, 0.5) is 0 Å². The molecule has 2 amide bonds. The molecule has 3 aliphatic heterocycles. The topological polar surface area (TPSA) is 67.2 Å². The molecule has 3 atom stereocenters. The third-order valence-corrected chi connectivity index (χ3v) is 6.35. The van der Waals surface area contributed by atoms with Crippen LogP contribution in [0.15, 0.2) is 24.5 Å². The standard InChI is InChI=1S/C20H24N4O3/c1-12(2)15-11-27-20-6-8-23(16(20)9-17(25)24(15)20)19(26)14-5-4-7-22-10-13(3)21-18(14)22/h4-5,7,10,12,15-16H,6,8-9,11H2,1-3H3/t15-,16+,20-/m0/s1. The summed E-state index contributed by atoms with van der Waals surface area (Å²) in [7, 11) is 0. The lowest BCUT2D eigenvalue weighted by atomic mass is 10.0. The second-order valence-electron chi connectivity index (χ2n) is 8.23. The lowest BCUT2D eigenvalue weighted by Crippen LogP contribution is -2.51. The Balaban J connectivity index is 1.51. The van der Waals surface area contributed by atoms with Gasteiger partial charge < -0.3 is 18.9 Å². The number of aromatic nitrogens is 2. The zero-order valence-electron chi connectivity index (χ0n) is 15.9. The molecule has 0 N–H and O–H groups in total. The van der Waals surface area contributed by atoms with E-state index in [0.29, 0.717) is 43.1 Å². The van der Waals surface area contributed by atoms with E-state index in [1.165, 1.54) is 0 Å². The molecule has 0 radical (unpaired) electrons. The zero-order valence-corrected chi connectivity index (χ0v) is 15.9. The van der Waals surface area contributed by atoms with Crippen LogP contribution in [-0.4, -0.2) is 62.0 Å². The molecule has 0 saturated carbocycles. The van der Waals surface area contributed by atoms with E-state index in [0.717, 1.165) is 5.69 Å². The summed E-state index contributed by atoms with van der Waals surface area (Å²) in [4.78, 5) is 34.5. The summed E-state index contributed by atoms with van der Waals surface area (Å²) in [5.74, 6) is 0.362. The predicted octanol–water partition coefficient (Wildman–Crippen LogP) is 1.84. The fourth-order valence-corrected chi connectivity index (χ4v) is 5.07. The maximum Gasteiger partial charge on any atom is 0.258 e. The van der Waals surface area contributed by atoms with Gasteiger partial charge in [0.1, 0.15) is 5.65 Å². The fraction of sp³-hybridized carbons (Fsp3) is 0.550. The van der Waals surface area contributed by atoms with Gasteiger partial charge in [0.25, 0.3) is 5.91 Å². The Labute approximate surface area is 157 Å². The van der Waals surface area contributed by atoms with E-state index in [4.69, 9.17) is 4.74 Å². The lowest BCUT2D eigenvalue weighted by molar-refractivity contribution is -0.139. The number of imidazole rings is 1. The molecule has 3 saturated heterocycles. The number of rotatable bonds is 2. The van der Waals surface area contributed by atoms with Gasteiger partial charge in [0.15, 0.2) is 5.72 Å². The van der Waals surface area contributed by atoms with Gasteiger partial charge in [-0.3, -0.25) is 9.59 Å². The van der Waals surface area contributed by atoms with Crippen LogP contribution in [0, 0.1) is 12.8 Å². The molecule has 0 unspecified atom stereocenters. The predicted molar refractivity (Wildman–Crippen MR) is 98.1 cm³/mol. The number of hydrogen-bond acceptors (Lipinski definition) is 4. The van der Waals surface area contributed by atoms with Crippen LogP contribution in [-0.2, 0) is 9.53 Å². The summed E-state index contributed by atoms with van der Waals surface area (Å²) in [5, 5.41) is 0. The first-order chi connectivity index (χ1) is 12.9. The molecule has 7 heteroatoms. The normalized spacial score (nSPS) is 29.9. The molecular formula is C20H24N4O3. The minimum atomic E-state index is -0.641. The first kappa shape index (κ1) is 16.7. The molecule has 2 aromatic heterocycles. The molecule has 5 heterocycles. The van der Waals surface area contributed by atoms with Crippen LogP contribution in [0.25, 0.3) is 5.65 Å². The number of amides is 2. The number of ether oxygens (including phenoxy) is 1. The van der Waals surface area contributed by atoms with Gasteiger partial charge in [0.05, 0.1) is 36.4 Å². The van der Waals surface area contributed by atoms with E-state index in [1.54, 1.807) is 0 Å². The Morgan fingerprint density at radius 1 is 1.41 bits per heavy atom. The van der Waals surface area contributed by atoms with Gasteiger partial charge >= 0.3 is 0 Å². The summed E-state index contributed by atoms with van der Waals surface area (Å²) < 4.78 is 8.11. The van der Waals surface area contributed by atoms with E-state index >= 15 is 0 Å². The van der Waals surface area contributed by atoms with Gasteiger partial charge in [-0.15, -0.1) is 0 Å². The Bertz CT molecular complexity index is 952. The first-order valence-electron chi connectivity index (χ1n) is 9.64. The van der Waals surface area contributed by atoms with E-state index in [1.807, 2.05) is 45.7 Å². The molecule has 27 heavy (non-hydrogen) atoms. The van der Waals surface area contributed by atoms with Crippen molar-refractivity contribution in [2.45, 2.75) is 51.4 Å². The molecule has 0 aliphatic carbocycles. The van der Waals surface area contributed by atoms with Crippen molar-refractivity contribution in [3.63, 3.8) is 0 Å². The van der Waals surface area contributed by atoms with Gasteiger partial charge in [0, 0.05) is 25.4 Å². The number of aryl methyl sites for hydroxylation is 1. The number of pyridine rings is 1. The summed E-state index contributed by atoms with van der Waals surface area (Å²) in [6.45, 7) is 7.30. The minimum Gasteiger partial charge on any atom is -0.351 e. The van der Waals surface area contributed by atoms with E-state index in [-0.39, 0.29) is 23.9 Å². The minimum absolute atomic E-state index is 0.0701. The largest absolute Gasteiger partial charge is 0.351 e. The smallest absolute Gasteiger partial charge is 0.258 e. The number of carbonyl (C=O) groups excluding carboxylic acids is 2. The van der Waals surface area contributed by atoms with Crippen molar-refractivity contribution < 1.29 is 14.3 Å². The Kier molecular flexibility index (Phi) is 3.44. The van der Waals surface area contributed by atoms with E-state index in [2.05, 4.69) is 18.8 Å².